The van der Waals surface area contributed by atoms with Crippen LogP contribution in [0, 0.1) is 5.41 Å². The number of allylic oxidation sites excluding steroid dienone is 2. The van der Waals surface area contributed by atoms with Gasteiger partial charge in [0.2, 0.25) is 0 Å². The van der Waals surface area contributed by atoms with Crippen LogP contribution in [0.2, 0.25) is 0 Å². The molecule has 1 nitrogen and oxygen atoms in total. The summed E-state index contributed by atoms with van der Waals surface area (Å²) in [5.74, 6) is 0.262. The third kappa shape index (κ3) is 1.12. The molecule has 0 aromatic rings. The number of hydrogen-bond donors (Lipinski definition) is 0. The van der Waals surface area contributed by atoms with E-state index in [1.54, 1.807) is 17.8 Å². The number of carbonyl (C=O) groups is 1. The Morgan fingerprint density at radius 1 is 1.60 bits per heavy atom. The van der Waals surface area contributed by atoms with Crippen molar-refractivity contribution in [2.45, 2.75) is 19.1 Å². The highest BCUT2D eigenvalue weighted by atomic mass is 32.2. The molecule has 0 saturated heterocycles. The quantitative estimate of drug-likeness (QED) is 0.576. The summed E-state index contributed by atoms with van der Waals surface area (Å²) in [6.45, 7) is 4.19. The standard InChI is InChI=1S/C8H12OS/c1-8(2)5-4-6(9)7(8)10-3/h4-5,7H,1-3H3. The second kappa shape index (κ2) is 2.42. The third-order valence-corrected chi connectivity index (χ3v) is 3.16. The molecule has 0 amide bonds. The lowest BCUT2D eigenvalue weighted by Crippen LogP contribution is -2.25. The lowest BCUT2D eigenvalue weighted by atomic mass is 9.93. The molecule has 0 aliphatic heterocycles. The van der Waals surface area contributed by atoms with E-state index in [-0.39, 0.29) is 16.4 Å². The summed E-state index contributed by atoms with van der Waals surface area (Å²) in [6.07, 6.45) is 5.68. The molecule has 0 fully saturated rings. The molecule has 1 atom stereocenters. The molecule has 1 rings (SSSR count). The number of thioether (sulfide) groups is 1. The normalized spacial score (nSPS) is 29.5. The van der Waals surface area contributed by atoms with Crippen LogP contribution in [0.4, 0.5) is 0 Å². The molecule has 1 unspecified atom stereocenters. The Labute approximate surface area is 65.9 Å². The lowest BCUT2D eigenvalue weighted by Gasteiger charge is -2.22. The highest BCUT2D eigenvalue weighted by molar-refractivity contribution is 8.00. The van der Waals surface area contributed by atoms with Crippen LogP contribution in [0.15, 0.2) is 12.2 Å². The van der Waals surface area contributed by atoms with Gasteiger partial charge in [-0.1, -0.05) is 19.9 Å². The highest BCUT2D eigenvalue weighted by Gasteiger charge is 2.35. The Morgan fingerprint density at radius 2 is 2.20 bits per heavy atom. The van der Waals surface area contributed by atoms with E-state index in [2.05, 4.69) is 13.8 Å². The van der Waals surface area contributed by atoms with Gasteiger partial charge in [0.15, 0.2) is 5.78 Å². The monoisotopic (exact) mass is 156 g/mol. The van der Waals surface area contributed by atoms with Crippen LogP contribution in [-0.4, -0.2) is 17.3 Å². The maximum atomic E-state index is 11.1. The van der Waals surface area contributed by atoms with Gasteiger partial charge in [-0.3, -0.25) is 4.79 Å². The first-order valence-electron chi connectivity index (χ1n) is 3.34. The van der Waals surface area contributed by atoms with Gasteiger partial charge in [0.25, 0.3) is 0 Å². The van der Waals surface area contributed by atoms with Gasteiger partial charge in [0, 0.05) is 5.41 Å². The van der Waals surface area contributed by atoms with Crippen molar-refractivity contribution in [1.29, 1.82) is 0 Å². The van der Waals surface area contributed by atoms with Crippen LogP contribution in [-0.2, 0) is 4.79 Å². The Morgan fingerprint density at radius 3 is 2.40 bits per heavy atom. The van der Waals surface area contributed by atoms with Crippen molar-refractivity contribution in [2.24, 2.45) is 5.41 Å². The molecule has 1 aliphatic rings. The van der Waals surface area contributed by atoms with Crippen molar-refractivity contribution < 1.29 is 4.79 Å². The van der Waals surface area contributed by atoms with E-state index < -0.39 is 0 Å². The molecule has 0 saturated carbocycles. The van der Waals surface area contributed by atoms with Gasteiger partial charge >= 0.3 is 0 Å². The molecule has 0 heterocycles. The fraction of sp³-hybridized carbons (Fsp3) is 0.625. The van der Waals surface area contributed by atoms with Gasteiger partial charge in [0.05, 0.1) is 5.25 Å². The van der Waals surface area contributed by atoms with Gasteiger partial charge < -0.3 is 0 Å². The minimum absolute atomic E-state index is 0.0660. The average molecular weight is 156 g/mol. The van der Waals surface area contributed by atoms with Crippen molar-refractivity contribution in [3.8, 4) is 0 Å². The van der Waals surface area contributed by atoms with Gasteiger partial charge in [-0.05, 0) is 12.3 Å². The summed E-state index contributed by atoms with van der Waals surface area (Å²) in [5, 5.41) is 0.146. The van der Waals surface area contributed by atoms with Crippen LogP contribution < -0.4 is 0 Å². The first-order chi connectivity index (χ1) is 4.58. The van der Waals surface area contributed by atoms with E-state index in [0.29, 0.717) is 0 Å². The molecule has 0 bridgehead atoms. The minimum atomic E-state index is 0.0660. The third-order valence-electron chi connectivity index (χ3n) is 1.85. The summed E-state index contributed by atoms with van der Waals surface area (Å²) in [4.78, 5) is 11.1. The highest BCUT2D eigenvalue weighted by Crippen LogP contribution is 2.36. The first-order valence-corrected chi connectivity index (χ1v) is 4.62. The summed E-state index contributed by atoms with van der Waals surface area (Å²) >= 11 is 1.64. The van der Waals surface area contributed by atoms with Crippen molar-refractivity contribution in [1.82, 2.24) is 0 Å². The van der Waals surface area contributed by atoms with Crippen LogP contribution in [0.5, 0.6) is 0 Å². The van der Waals surface area contributed by atoms with Crippen molar-refractivity contribution in [3.05, 3.63) is 12.2 Å². The topological polar surface area (TPSA) is 17.1 Å². The predicted octanol–water partition coefficient (Wildman–Crippen LogP) is 1.88. The summed E-state index contributed by atoms with van der Waals surface area (Å²) in [6, 6.07) is 0. The van der Waals surface area contributed by atoms with E-state index in [0.717, 1.165) is 0 Å². The minimum Gasteiger partial charge on any atom is -0.294 e. The molecule has 1 aliphatic carbocycles. The molecule has 2 heteroatoms. The largest absolute Gasteiger partial charge is 0.294 e. The Kier molecular flexibility index (Phi) is 1.90. The van der Waals surface area contributed by atoms with E-state index in [4.69, 9.17) is 0 Å². The molecular formula is C8H12OS. The maximum Gasteiger partial charge on any atom is 0.169 e. The van der Waals surface area contributed by atoms with Crippen molar-refractivity contribution >= 4 is 17.5 Å². The zero-order valence-corrected chi connectivity index (χ0v) is 7.37. The molecule has 0 N–H and O–H groups in total. The van der Waals surface area contributed by atoms with Crippen LogP contribution in [0.25, 0.3) is 0 Å². The number of hydrogen-bond acceptors (Lipinski definition) is 2. The fourth-order valence-electron chi connectivity index (χ4n) is 1.26. The summed E-state index contributed by atoms with van der Waals surface area (Å²) < 4.78 is 0. The second-order valence-electron chi connectivity index (χ2n) is 3.17. The molecular weight excluding hydrogens is 144 g/mol. The molecule has 0 spiro atoms. The molecule has 0 aromatic carbocycles. The number of rotatable bonds is 1. The molecule has 0 aromatic heterocycles. The molecule has 56 valence electrons. The van der Waals surface area contributed by atoms with E-state index in [9.17, 15) is 4.79 Å². The summed E-state index contributed by atoms with van der Waals surface area (Å²) in [7, 11) is 0. The summed E-state index contributed by atoms with van der Waals surface area (Å²) in [5.41, 5.74) is 0.0660. The Balaban J connectivity index is 2.82. The lowest BCUT2D eigenvalue weighted by molar-refractivity contribution is -0.114. The Hall–Kier alpha value is -0.240. The zero-order chi connectivity index (χ0) is 7.78. The van der Waals surface area contributed by atoms with Crippen molar-refractivity contribution in [3.63, 3.8) is 0 Å². The van der Waals surface area contributed by atoms with Gasteiger partial charge in [0.1, 0.15) is 0 Å². The average Bonchev–Trinajstić information content (AvgIpc) is 2.07. The fourth-order valence-corrected chi connectivity index (χ4v) is 2.26. The van der Waals surface area contributed by atoms with E-state index >= 15 is 0 Å². The van der Waals surface area contributed by atoms with Crippen LogP contribution in [0.1, 0.15) is 13.8 Å². The van der Waals surface area contributed by atoms with Gasteiger partial charge in [-0.15, -0.1) is 0 Å². The molecule has 10 heavy (non-hydrogen) atoms. The van der Waals surface area contributed by atoms with E-state index in [1.165, 1.54) is 0 Å². The smallest absolute Gasteiger partial charge is 0.169 e. The van der Waals surface area contributed by atoms with Gasteiger partial charge in [-0.25, -0.2) is 0 Å². The van der Waals surface area contributed by atoms with Crippen LogP contribution in [0.3, 0.4) is 0 Å². The molecule has 0 radical (unpaired) electrons. The van der Waals surface area contributed by atoms with Crippen LogP contribution >= 0.6 is 11.8 Å². The Bertz CT molecular complexity index is 182. The van der Waals surface area contributed by atoms with E-state index in [1.807, 2.05) is 12.3 Å². The van der Waals surface area contributed by atoms with Gasteiger partial charge in [-0.2, -0.15) is 11.8 Å². The maximum absolute atomic E-state index is 11.1. The SMILES string of the molecule is CSC1C(=O)C=CC1(C)C. The second-order valence-corrected chi connectivity index (χ2v) is 4.12. The number of carbonyl (C=O) groups excluding carboxylic acids is 1. The zero-order valence-electron chi connectivity index (χ0n) is 6.55. The predicted molar refractivity (Wildman–Crippen MR) is 45.2 cm³/mol. The van der Waals surface area contributed by atoms with Crippen molar-refractivity contribution in [2.75, 3.05) is 6.26 Å². The number of ketones is 1. The first kappa shape index (κ1) is 7.86.